The lowest BCUT2D eigenvalue weighted by Gasteiger charge is -2.33. The van der Waals surface area contributed by atoms with E-state index < -0.39 is 0 Å². The van der Waals surface area contributed by atoms with Crippen molar-refractivity contribution in [2.24, 2.45) is 5.73 Å². The third-order valence-corrected chi connectivity index (χ3v) is 4.12. The van der Waals surface area contributed by atoms with E-state index in [4.69, 9.17) is 15.2 Å². The van der Waals surface area contributed by atoms with Crippen LogP contribution in [0.2, 0.25) is 0 Å². The van der Waals surface area contributed by atoms with E-state index in [1.165, 1.54) is 0 Å². The Kier molecular flexibility index (Phi) is 5.32. The largest absolute Gasteiger partial charge is 0.496 e. The van der Waals surface area contributed by atoms with Crippen molar-refractivity contribution in [2.45, 2.75) is 52.2 Å². The minimum atomic E-state index is -0.327. The number of ether oxygens (including phenoxy) is 2. The van der Waals surface area contributed by atoms with E-state index in [-0.39, 0.29) is 11.6 Å². The molecule has 0 aromatic carbocycles. The van der Waals surface area contributed by atoms with Crippen LogP contribution < -0.4 is 10.5 Å². The normalized spacial score (nSPS) is 15.9. The molecule has 108 valence electrons. The van der Waals surface area contributed by atoms with Gasteiger partial charge in [-0.15, -0.1) is 0 Å². The summed E-state index contributed by atoms with van der Waals surface area (Å²) in [6.07, 6.45) is 3.39. The van der Waals surface area contributed by atoms with E-state index in [1.807, 2.05) is 27.0 Å². The molecule has 1 aromatic rings. The lowest BCUT2D eigenvalue weighted by atomic mass is 9.89. The third-order valence-electron chi connectivity index (χ3n) is 4.12. The van der Waals surface area contributed by atoms with Crippen LogP contribution in [0.25, 0.3) is 0 Å². The second kappa shape index (κ2) is 6.35. The second-order valence-corrected chi connectivity index (χ2v) is 5.23. The van der Waals surface area contributed by atoms with Gasteiger partial charge in [-0.1, -0.05) is 6.92 Å². The van der Waals surface area contributed by atoms with Gasteiger partial charge in [-0.3, -0.25) is 4.98 Å². The Morgan fingerprint density at radius 1 is 1.37 bits per heavy atom. The predicted molar refractivity (Wildman–Crippen MR) is 77.6 cm³/mol. The van der Waals surface area contributed by atoms with Gasteiger partial charge in [0.05, 0.1) is 12.7 Å². The van der Waals surface area contributed by atoms with Crippen LogP contribution in [-0.2, 0) is 11.2 Å². The van der Waals surface area contributed by atoms with Gasteiger partial charge in [0.25, 0.3) is 0 Å². The lowest BCUT2D eigenvalue weighted by Crippen LogP contribution is -2.48. The van der Waals surface area contributed by atoms with Gasteiger partial charge in [0.1, 0.15) is 5.75 Å². The van der Waals surface area contributed by atoms with Crippen molar-refractivity contribution in [1.29, 1.82) is 0 Å². The monoisotopic (exact) mass is 266 g/mol. The smallest absolute Gasteiger partial charge is 0.128 e. The Morgan fingerprint density at radius 3 is 2.47 bits per heavy atom. The SMILES string of the molecule is CCC(C)(OC)C(N)Cc1ncc(C)c(OC)c1C. The molecule has 1 aromatic heterocycles. The van der Waals surface area contributed by atoms with E-state index in [1.54, 1.807) is 14.2 Å². The molecule has 0 radical (unpaired) electrons. The van der Waals surface area contributed by atoms with Crippen LogP contribution in [0.15, 0.2) is 6.20 Å². The molecule has 0 bridgehead atoms. The number of pyridine rings is 1. The summed E-state index contributed by atoms with van der Waals surface area (Å²) in [7, 11) is 3.39. The Balaban J connectivity index is 3.00. The van der Waals surface area contributed by atoms with Crippen LogP contribution in [-0.4, -0.2) is 30.8 Å². The van der Waals surface area contributed by atoms with Crippen molar-refractivity contribution in [3.8, 4) is 5.75 Å². The molecule has 0 aliphatic rings. The van der Waals surface area contributed by atoms with Gasteiger partial charge in [0.15, 0.2) is 0 Å². The third kappa shape index (κ3) is 3.25. The van der Waals surface area contributed by atoms with Gasteiger partial charge < -0.3 is 15.2 Å². The van der Waals surface area contributed by atoms with Crippen molar-refractivity contribution >= 4 is 0 Å². The maximum atomic E-state index is 6.30. The topological polar surface area (TPSA) is 57.4 Å². The predicted octanol–water partition coefficient (Wildman–Crippen LogP) is 2.39. The number of aryl methyl sites for hydroxylation is 1. The molecule has 0 saturated carbocycles. The van der Waals surface area contributed by atoms with Gasteiger partial charge in [-0.05, 0) is 27.2 Å². The van der Waals surface area contributed by atoms with Crippen molar-refractivity contribution in [1.82, 2.24) is 4.98 Å². The zero-order valence-electron chi connectivity index (χ0n) is 12.9. The molecule has 0 aliphatic carbocycles. The van der Waals surface area contributed by atoms with Crippen LogP contribution >= 0.6 is 0 Å². The average molecular weight is 266 g/mol. The van der Waals surface area contributed by atoms with Gasteiger partial charge in [0, 0.05) is 42.6 Å². The summed E-state index contributed by atoms with van der Waals surface area (Å²) in [6, 6.07) is -0.0962. The second-order valence-electron chi connectivity index (χ2n) is 5.23. The molecule has 0 aliphatic heterocycles. The summed E-state index contributed by atoms with van der Waals surface area (Å²) >= 11 is 0. The molecular formula is C15H26N2O2. The molecule has 2 N–H and O–H groups in total. The molecule has 0 saturated heterocycles. The first-order chi connectivity index (χ1) is 8.89. The van der Waals surface area contributed by atoms with Crippen molar-refractivity contribution < 1.29 is 9.47 Å². The number of nitrogens with two attached hydrogens (primary N) is 1. The highest BCUT2D eigenvalue weighted by Gasteiger charge is 2.30. The van der Waals surface area contributed by atoms with Crippen molar-refractivity contribution in [2.75, 3.05) is 14.2 Å². The van der Waals surface area contributed by atoms with Gasteiger partial charge >= 0.3 is 0 Å². The zero-order chi connectivity index (χ0) is 14.6. The van der Waals surface area contributed by atoms with Crippen molar-refractivity contribution in [3.63, 3.8) is 0 Å². The summed E-state index contributed by atoms with van der Waals surface area (Å²) in [4.78, 5) is 4.49. The van der Waals surface area contributed by atoms with Crippen LogP contribution in [0.1, 0.15) is 37.1 Å². The molecule has 0 spiro atoms. The summed E-state index contributed by atoms with van der Waals surface area (Å²) < 4.78 is 11.0. The highest BCUT2D eigenvalue weighted by molar-refractivity contribution is 5.41. The number of hydrogen-bond donors (Lipinski definition) is 1. The standard InChI is InChI=1S/C15H26N2O2/c1-7-15(4,19-6)13(16)8-12-11(3)14(18-5)10(2)9-17-12/h9,13H,7-8,16H2,1-6H3. The van der Waals surface area contributed by atoms with Gasteiger partial charge in [-0.2, -0.15) is 0 Å². The number of methoxy groups -OCH3 is 2. The van der Waals surface area contributed by atoms with Crippen LogP contribution in [0.4, 0.5) is 0 Å². The van der Waals surface area contributed by atoms with Crippen LogP contribution in [0, 0.1) is 13.8 Å². The molecule has 19 heavy (non-hydrogen) atoms. The molecule has 4 heteroatoms. The fourth-order valence-electron chi connectivity index (χ4n) is 2.26. The first-order valence-electron chi connectivity index (χ1n) is 6.69. The maximum Gasteiger partial charge on any atom is 0.128 e. The Morgan fingerprint density at radius 2 is 2.00 bits per heavy atom. The van der Waals surface area contributed by atoms with E-state index >= 15 is 0 Å². The molecule has 0 fully saturated rings. The Labute approximate surface area is 116 Å². The molecular weight excluding hydrogens is 240 g/mol. The fraction of sp³-hybridized carbons (Fsp3) is 0.667. The highest BCUT2D eigenvalue weighted by Crippen LogP contribution is 2.27. The quantitative estimate of drug-likeness (QED) is 0.859. The summed E-state index contributed by atoms with van der Waals surface area (Å²) in [5.41, 5.74) is 9.06. The fourth-order valence-corrected chi connectivity index (χ4v) is 2.26. The molecule has 1 heterocycles. The molecule has 2 unspecified atom stereocenters. The summed E-state index contributed by atoms with van der Waals surface area (Å²) in [6.45, 7) is 8.14. The summed E-state index contributed by atoms with van der Waals surface area (Å²) in [5, 5.41) is 0. The maximum absolute atomic E-state index is 6.30. The highest BCUT2D eigenvalue weighted by atomic mass is 16.5. The van der Waals surface area contributed by atoms with E-state index in [0.29, 0.717) is 6.42 Å². The van der Waals surface area contributed by atoms with E-state index in [0.717, 1.165) is 29.0 Å². The minimum absolute atomic E-state index is 0.0962. The number of aromatic nitrogens is 1. The number of nitrogens with zero attached hydrogens (tertiary/aromatic N) is 1. The molecule has 2 atom stereocenters. The first kappa shape index (κ1) is 15.9. The van der Waals surface area contributed by atoms with Crippen molar-refractivity contribution in [3.05, 3.63) is 23.0 Å². The number of hydrogen-bond acceptors (Lipinski definition) is 4. The molecule has 0 amide bonds. The lowest BCUT2D eigenvalue weighted by molar-refractivity contribution is -0.0187. The first-order valence-corrected chi connectivity index (χ1v) is 6.69. The Hall–Kier alpha value is -1.13. The molecule has 4 nitrogen and oxygen atoms in total. The minimum Gasteiger partial charge on any atom is -0.496 e. The Bertz CT molecular complexity index is 428. The van der Waals surface area contributed by atoms with Crippen LogP contribution in [0.5, 0.6) is 5.75 Å². The van der Waals surface area contributed by atoms with Gasteiger partial charge in [-0.25, -0.2) is 0 Å². The van der Waals surface area contributed by atoms with E-state index in [2.05, 4.69) is 11.9 Å². The zero-order valence-corrected chi connectivity index (χ0v) is 12.9. The van der Waals surface area contributed by atoms with E-state index in [9.17, 15) is 0 Å². The van der Waals surface area contributed by atoms with Crippen LogP contribution in [0.3, 0.4) is 0 Å². The molecule has 1 rings (SSSR count). The number of rotatable bonds is 6. The van der Waals surface area contributed by atoms with Gasteiger partial charge in [0.2, 0.25) is 0 Å². The summed E-state index contributed by atoms with van der Waals surface area (Å²) in [5.74, 6) is 0.896. The average Bonchev–Trinajstić information content (AvgIpc) is 2.41.